The molecule has 0 bridgehead atoms. The second-order valence-corrected chi connectivity index (χ2v) is 7.18. The molecule has 4 heteroatoms. The average Bonchev–Trinajstić information content (AvgIpc) is 2.87. The van der Waals surface area contributed by atoms with E-state index >= 15 is 0 Å². The minimum absolute atomic E-state index is 0.130. The van der Waals surface area contributed by atoms with Crippen LogP contribution in [0.3, 0.4) is 0 Å². The third-order valence-electron chi connectivity index (χ3n) is 5.08. The third kappa shape index (κ3) is 4.71. The highest BCUT2D eigenvalue weighted by atomic mass is 16.5. The van der Waals surface area contributed by atoms with E-state index in [2.05, 4.69) is 0 Å². The molecule has 0 spiro atoms. The molecule has 0 unspecified atom stereocenters. The zero-order valence-electron chi connectivity index (χ0n) is 17.2. The van der Waals surface area contributed by atoms with Gasteiger partial charge in [-0.3, -0.25) is 9.59 Å². The molecule has 0 aromatic heterocycles. The van der Waals surface area contributed by atoms with Gasteiger partial charge >= 0.3 is 5.97 Å². The Hall–Kier alpha value is -4.31. The summed E-state index contributed by atoms with van der Waals surface area (Å²) in [5.74, 6) is -1.30. The lowest BCUT2D eigenvalue weighted by atomic mass is 9.96. The zero-order valence-corrected chi connectivity index (χ0v) is 17.2. The third-order valence-corrected chi connectivity index (χ3v) is 5.08. The molecule has 4 aromatic rings. The Morgan fingerprint density at radius 1 is 0.531 bits per heavy atom. The molecule has 4 aromatic carbocycles. The van der Waals surface area contributed by atoms with Gasteiger partial charge in [0, 0.05) is 16.7 Å². The number of hydrogen-bond donors (Lipinski definition) is 0. The summed E-state index contributed by atoms with van der Waals surface area (Å²) in [6, 6.07) is 32.2. The largest absolute Gasteiger partial charge is 0.454 e. The smallest absolute Gasteiger partial charge is 0.339 e. The predicted octanol–water partition coefficient (Wildman–Crippen LogP) is 5.62. The first kappa shape index (κ1) is 20.9. The Labute approximate surface area is 186 Å². The van der Waals surface area contributed by atoms with Crippen molar-refractivity contribution < 1.29 is 19.1 Å². The molecule has 0 saturated carbocycles. The highest BCUT2D eigenvalue weighted by Crippen LogP contribution is 2.22. The van der Waals surface area contributed by atoms with E-state index in [9.17, 15) is 14.4 Å². The van der Waals surface area contributed by atoms with Crippen LogP contribution >= 0.6 is 0 Å². The summed E-state index contributed by atoms with van der Waals surface area (Å²) in [6.45, 7) is -0.392. The fraction of sp³-hybridized carbons (Fsp3) is 0.0357. The molecule has 32 heavy (non-hydrogen) atoms. The number of ketones is 2. The van der Waals surface area contributed by atoms with Crippen molar-refractivity contribution in [2.75, 3.05) is 6.61 Å². The maximum Gasteiger partial charge on any atom is 0.339 e. The van der Waals surface area contributed by atoms with Gasteiger partial charge in [0.2, 0.25) is 0 Å². The van der Waals surface area contributed by atoms with Gasteiger partial charge in [-0.05, 0) is 17.2 Å². The number of carbonyl (C=O) groups excluding carboxylic acids is 3. The van der Waals surface area contributed by atoms with Crippen molar-refractivity contribution in [2.24, 2.45) is 0 Å². The summed E-state index contributed by atoms with van der Waals surface area (Å²) in [4.78, 5) is 38.0. The van der Waals surface area contributed by atoms with Gasteiger partial charge in [-0.25, -0.2) is 4.79 Å². The number of benzene rings is 4. The average molecular weight is 420 g/mol. The maximum absolute atomic E-state index is 13.1. The number of ether oxygens (including phenoxy) is 1. The Kier molecular flexibility index (Phi) is 6.33. The first-order valence-electron chi connectivity index (χ1n) is 10.2. The van der Waals surface area contributed by atoms with E-state index < -0.39 is 12.6 Å². The molecular formula is C28H20O4. The molecule has 0 aliphatic heterocycles. The first-order chi connectivity index (χ1) is 15.6. The second-order valence-electron chi connectivity index (χ2n) is 7.18. The Bertz CT molecular complexity index is 1240. The van der Waals surface area contributed by atoms with Crippen LogP contribution in [0.1, 0.15) is 36.6 Å². The van der Waals surface area contributed by atoms with Crippen LogP contribution in [-0.4, -0.2) is 24.1 Å². The lowest BCUT2D eigenvalue weighted by Crippen LogP contribution is -2.17. The fourth-order valence-corrected chi connectivity index (χ4v) is 3.38. The molecule has 0 radical (unpaired) electrons. The van der Waals surface area contributed by atoms with Crippen LogP contribution in [0.4, 0.5) is 0 Å². The Morgan fingerprint density at radius 3 is 1.72 bits per heavy atom. The van der Waals surface area contributed by atoms with E-state index in [1.807, 2.05) is 42.5 Å². The monoisotopic (exact) mass is 420 g/mol. The normalized spacial score (nSPS) is 10.4. The maximum atomic E-state index is 13.1. The van der Waals surface area contributed by atoms with Crippen LogP contribution in [-0.2, 0) is 4.74 Å². The molecular weight excluding hydrogens is 400 g/mol. The van der Waals surface area contributed by atoms with Crippen molar-refractivity contribution in [3.63, 3.8) is 0 Å². The number of esters is 1. The van der Waals surface area contributed by atoms with Crippen LogP contribution in [0.2, 0.25) is 0 Å². The Morgan fingerprint density at radius 2 is 1.06 bits per heavy atom. The van der Waals surface area contributed by atoms with Crippen LogP contribution in [0, 0.1) is 0 Å². The molecule has 4 rings (SSSR count). The molecule has 4 nitrogen and oxygen atoms in total. The van der Waals surface area contributed by atoms with Crippen molar-refractivity contribution in [2.45, 2.75) is 0 Å². The van der Waals surface area contributed by atoms with E-state index in [4.69, 9.17) is 4.74 Å². The van der Waals surface area contributed by atoms with Gasteiger partial charge in [0.15, 0.2) is 18.2 Å². The summed E-state index contributed by atoms with van der Waals surface area (Å²) >= 11 is 0. The van der Waals surface area contributed by atoms with Crippen molar-refractivity contribution in [1.82, 2.24) is 0 Å². The molecule has 0 fully saturated rings. The van der Waals surface area contributed by atoms with E-state index in [1.54, 1.807) is 60.7 Å². The number of rotatable bonds is 7. The van der Waals surface area contributed by atoms with Crippen molar-refractivity contribution >= 4 is 17.5 Å². The summed E-state index contributed by atoms with van der Waals surface area (Å²) in [6.07, 6.45) is 0. The van der Waals surface area contributed by atoms with E-state index in [0.717, 1.165) is 11.1 Å². The van der Waals surface area contributed by atoms with Gasteiger partial charge in [0.05, 0.1) is 5.56 Å². The van der Waals surface area contributed by atoms with E-state index in [0.29, 0.717) is 11.1 Å². The Balaban J connectivity index is 1.50. The minimum Gasteiger partial charge on any atom is -0.454 e. The lowest BCUT2D eigenvalue weighted by molar-refractivity contribution is 0.0473. The van der Waals surface area contributed by atoms with Gasteiger partial charge in [-0.1, -0.05) is 103 Å². The molecule has 0 heterocycles. The summed E-state index contributed by atoms with van der Waals surface area (Å²) in [7, 11) is 0. The van der Waals surface area contributed by atoms with Crippen molar-refractivity contribution in [3.05, 3.63) is 131 Å². The SMILES string of the molecule is O=C(COC(=O)c1ccccc1C(=O)c1ccc(-c2ccccc2)cc1)c1ccccc1. The molecule has 156 valence electrons. The van der Waals surface area contributed by atoms with Crippen LogP contribution in [0.25, 0.3) is 11.1 Å². The molecule has 0 N–H and O–H groups in total. The number of hydrogen-bond acceptors (Lipinski definition) is 4. The second kappa shape index (κ2) is 9.67. The summed E-state index contributed by atoms with van der Waals surface area (Å²) < 4.78 is 5.21. The van der Waals surface area contributed by atoms with Gasteiger partial charge < -0.3 is 4.74 Å². The van der Waals surface area contributed by atoms with E-state index in [1.165, 1.54) is 6.07 Å². The molecule has 0 aliphatic rings. The van der Waals surface area contributed by atoms with Crippen LogP contribution in [0.5, 0.6) is 0 Å². The van der Waals surface area contributed by atoms with Gasteiger partial charge in [-0.2, -0.15) is 0 Å². The van der Waals surface area contributed by atoms with Gasteiger partial charge in [0.25, 0.3) is 0 Å². The minimum atomic E-state index is -0.709. The lowest BCUT2D eigenvalue weighted by Gasteiger charge is -2.10. The molecule has 0 atom stereocenters. The number of carbonyl (C=O) groups is 3. The molecule has 0 saturated heterocycles. The number of Topliss-reactive ketones (excluding diaryl/α,β-unsaturated/α-hetero) is 1. The summed E-state index contributed by atoms with van der Waals surface area (Å²) in [5, 5.41) is 0. The van der Waals surface area contributed by atoms with Gasteiger partial charge in [0.1, 0.15) is 0 Å². The standard InChI is InChI=1S/C28H20O4/c29-26(22-11-5-2-6-12-22)19-32-28(31)25-14-8-7-13-24(25)27(30)23-17-15-21(16-18-23)20-9-3-1-4-10-20/h1-18H,19H2. The quantitative estimate of drug-likeness (QED) is 0.287. The van der Waals surface area contributed by atoms with Gasteiger partial charge in [-0.15, -0.1) is 0 Å². The summed E-state index contributed by atoms with van der Waals surface area (Å²) in [5.41, 5.74) is 3.34. The highest BCUT2D eigenvalue weighted by molar-refractivity contribution is 6.14. The van der Waals surface area contributed by atoms with E-state index in [-0.39, 0.29) is 22.7 Å². The van der Waals surface area contributed by atoms with Crippen molar-refractivity contribution in [3.8, 4) is 11.1 Å². The predicted molar refractivity (Wildman–Crippen MR) is 123 cm³/mol. The first-order valence-corrected chi connectivity index (χ1v) is 10.2. The zero-order chi connectivity index (χ0) is 22.3. The van der Waals surface area contributed by atoms with Crippen LogP contribution < -0.4 is 0 Å². The fourth-order valence-electron chi connectivity index (χ4n) is 3.38. The topological polar surface area (TPSA) is 60.4 Å². The van der Waals surface area contributed by atoms with Crippen molar-refractivity contribution in [1.29, 1.82) is 0 Å². The highest BCUT2D eigenvalue weighted by Gasteiger charge is 2.20. The van der Waals surface area contributed by atoms with Crippen LogP contribution in [0.15, 0.2) is 109 Å². The molecule has 0 amide bonds. The molecule has 0 aliphatic carbocycles.